The fourth-order valence-electron chi connectivity index (χ4n) is 1.56. The lowest BCUT2D eigenvalue weighted by atomic mass is 10.3. The van der Waals surface area contributed by atoms with Crippen molar-refractivity contribution in [2.24, 2.45) is 0 Å². The number of rotatable bonds is 3. The van der Waals surface area contributed by atoms with Crippen molar-refractivity contribution in [3.05, 3.63) is 34.8 Å². The Bertz CT molecular complexity index is 568. The van der Waals surface area contributed by atoms with Crippen molar-refractivity contribution < 1.29 is 9.21 Å². The number of hydrogen-bond donors (Lipinski definition) is 1. The third kappa shape index (κ3) is 1.84. The van der Waals surface area contributed by atoms with Crippen molar-refractivity contribution >= 4 is 17.0 Å². The second-order valence-electron chi connectivity index (χ2n) is 3.38. The molecule has 84 valence electrons. The molecule has 1 aromatic carbocycles. The van der Waals surface area contributed by atoms with Crippen LogP contribution in [0.2, 0.25) is 0 Å². The van der Waals surface area contributed by atoms with Crippen LogP contribution in [0.15, 0.2) is 33.5 Å². The zero-order chi connectivity index (χ0) is 11.5. The molecule has 1 N–H and O–H groups in total. The Kier molecular flexibility index (Phi) is 2.76. The minimum Gasteiger partial charge on any atom is -0.408 e. The first-order chi connectivity index (χ1) is 7.72. The first-order valence-electron chi connectivity index (χ1n) is 5.07. The third-order valence-electron chi connectivity index (χ3n) is 2.25. The maximum absolute atomic E-state index is 11.5. The van der Waals surface area contributed by atoms with Crippen LogP contribution < -0.4 is 11.1 Å². The van der Waals surface area contributed by atoms with Crippen molar-refractivity contribution in [2.45, 2.75) is 13.5 Å². The SMILES string of the molecule is CCNC(=O)Cn1c(=O)oc2ccccc21. The van der Waals surface area contributed by atoms with Gasteiger partial charge in [0.1, 0.15) is 6.54 Å². The lowest BCUT2D eigenvalue weighted by molar-refractivity contribution is -0.121. The Morgan fingerprint density at radius 3 is 2.94 bits per heavy atom. The summed E-state index contributed by atoms with van der Waals surface area (Å²) in [6, 6.07) is 7.03. The fourth-order valence-corrected chi connectivity index (χ4v) is 1.56. The van der Waals surface area contributed by atoms with Gasteiger partial charge in [-0.25, -0.2) is 4.79 Å². The van der Waals surface area contributed by atoms with Gasteiger partial charge in [0.15, 0.2) is 5.58 Å². The van der Waals surface area contributed by atoms with Crippen molar-refractivity contribution in [3.63, 3.8) is 0 Å². The van der Waals surface area contributed by atoms with Gasteiger partial charge in [0, 0.05) is 6.54 Å². The maximum atomic E-state index is 11.5. The Morgan fingerprint density at radius 1 is 1.44 bits per heavy atom. The molecule has 2 rings (SSSR count). The minimum atomic E-state index is -0.507. The van der Waals surface area contributed by atoms with E-state index in [9.17, 15) is 9.59 Å². The van der Waals surface area contributed by atoms with Crippen molar-refractivity contribution in [1.29, 1.82) is 0 Å². The number of fused-ring (bicyclic) bond motifs is 1. The van der Waals surface area contributed by atoms with Gasteiger partial charge in [0.25, 0.3) is 0 Å². The Hall–Kier alpha value is -2.04. The zero-order valence-electron chi connectivity index (χ0n) is 8.90. The molecule has 0 aliphatic heterocycles. The predicted octanol–water partition coefficient (Wildman–Crippen LogP) is 0.731. The van der Waals surface area contributed by atoms with Crippen molar-refractivity contribution in [2.75, 3.05) is 6.54 Å². The lowest BCUT2D eigenvalue weighted by Crippen LogP contribution is -2.30. The van der Waals surface area contributed by atoms with E-state index in [2.05, 4.69) is 5.32 Å². The van der Waals surface area contributed by atoms with Crippen LogP contribution in [0, 0.1) is 0 Å². The van der Waals surface area contributed by atoms with Gasteiger partial charge in [-0.05, 0) is 19.1 Å². The number of amides is 1. The minimum absolute atomic E-state index is 0.0102. The molecule has 0 bridgehead atoms. The highest BCUT2D eigenvalue weighted by molar-refractivity contribution is 5.79. The Morgan fingerprint density at radius 2 is 2.19 bits per heavy atom. The quantitative estimate of drug-likeness (QED) is 0.829. The number of benzene rings is 1. The van der Waals surface area contributed by atoms with Gasteiger partial charge in [-0.1, -0.05) is 12.1 Å². The second-order valence-corrected chi connectivity index (χ2v) is 3.38. The number of likely N-dealkylation sites (N-methyl/N-ethyl adjacent to an activating group) is 1. The molecule has 0 spiro atoms. The van der Waals surface area contributed by atoms with Gasteiger partial charge >= 0.3 is 5.76 Å². The molecule has 2 aromatic rings. The summed E-state index contributed by atoms with van der Waals surface area (Å²) in [6.45, 7) is 2.36. The molecule has 1 heterocycles. The lowest BCUT2D eigenvalue weighted by Gasteiger charge is -2.02. The highest BCUT2D eigenvalue weighted by Crippen LogP contribution is 2.11. The summed E-state index contributed by atoms with van der Waals surface area (Å²) < 4.78 is 6.33. The van der Waals surface area contributed by atoms with Gasteiger partial charge in [-0.3, -0.25) is 9.36 Å². The predicted molar refractivity (Wildman–Crippen MR) is 59.2 cm³/mol. The largest absolute Gasteiger partial charge is 0.420 e. The summed E-state index contributed by atoms with van der Waals surface area (Å²) in [5, 5.41) is 2.64. The number of carbonyl (C=O) groups excluding carboxylic acids is 1. The summed E-state index contributed by atoms with van der Waals surface area (Å²) >= 11 is 0. The van der Waals surface area contributed by atoms with Crippen LogP contribution in [0.1, 0.15) is 6.92 Å². The number of para-hydroxylation sites is 2. The van der Waals surface area contributed by atoms with Crippen molar-refractivity contribution in [1.82, 2.24) is 9.88 Å². The standard InChI is InChI=1S/C11H12N2O3/c1-2-12-10(14)7-13-8-5-3-4-6-9(8)16-11(13)15/h3-6H,2,7H2,1H3,(H,12,14). The molecule has 1 amide bonds. The number of aromatic nitrogens is 1. The van der Waals surface area contributed by atoms with E-state index in [1.54, 1.807) is 24.3 Å². The average Bonchev–Trinajstić information content (AvgIpc) is 2.56. The molecule has 0 fully saturated rings. The van der Waals surface area contributed by atoms with Crippen LogP contribution in [0.5, 0.6) is 0 Å². The first kappa shape index (κ1) is 10.5. The number of carbonyl (C=O) groups is 1. The number of nitrogens with zero attached hydrogens (tertiary/aromatic N) is 1. The molecule has 5 nitrogen and oxygen atoms in total. The topological polar surface area (TPSA) is 64.2 Å². The van der Waals surface area contributed by atoms with E-state index in [1.807, 2.05) is 6.92 Å². The van der Waals surface area contributed by atoms with Gasteiger partial charge in [-0.15, -0.1) is 0 Å². The molecular formula is C11H12N2O3. The van der Waals surface area contributed by atoms with Gasteiger partial charge in [-0.2, -0.15) is 0 Å². The van der Waals surface area contributed by atoms with Gasteiger partial charge < -0.3 is 9.73 Å². The van der Waals surface area contributed by atoms with Crippen LogP contribution in [0.4, 0.5) is 0 Å². The second kappa shape index (κ2) is 4.22. The summed E-state index contributed by atoms with van der Waals surface area (Å²) in [5.41, 5.74) is 1.13. The normalized spacial score (nSPS) is 10.6. The molecule has 0 atom stereocenters. The maximum Gasteiger partial charge on any atom is 0.420 e. The molecule has 0 radical (unpaired) electrons. The van der Waals surface area contributed by atoms with Crippen LogP contribution in [0.3, 0.4) is 0 Å². The molecule has 5 heteroatoms. The van der Waals surface area contributed by atoms with E-state index in [-0.39, 0.29) is 12.5 Å². The Balaban J connectivity index is 2.40. The van der Waals surface area contributed by atoms with E-state index in [4.69, 9.17) is 4.42 Å². The number of nitrogens with one attached hydrogen (secondary N) is 1. The molecule has 0 unspecified atom stereocenters. The third-order valence-corrected chi connectivity index (χ3v) is 2.25. The van der Waals surface area contributed by atoms with Gasteiger partial charge in [0.2, 0.25) is 5.91 Å². The molecule has 0 aliphatic carbocycles. The molecule has 16 heavy (non-hydrogen) atoms. The number of oxazole rings is 1. The highest BCUT2D eigenvalue weighted by atomic mass is 16.4. The summed E-state index contributed by atoms with van der Waals surface area (Å²) in [7, 11) is 0. The molecule has 1 aromatic heterocycles. The smallest absolute Gasteiger partial charge is 0.408 e. The fraction of sp³-hybridized carbons (Fsp3) is 0.273. The van der Waals surface area contributed by atoms with E-state index < -0.39 is 5.76 Å². The summed E-state index contributed by atoms with van der Waals surface area (Å²) in [4.78, 5) is 22.9. The first-order valence-corrected chi connectivity index (χ1v) is 5.07. The van der Waals surface area contributed by atoms with Crippen LogP contribution in [-0.4, -0.2) is 17.0 Å². The molecule has 0 saturated carbocycles. The number of hydrogen-bond acceptors (Lipinski definition) is 3. The average molecular weight is 220 g/mol. The molecular weight excluding hydrogens is 208 g/mol. The van der Waals surface area contributed by atoms with E-state index in [0.29, 0.717) is 17.6 Å². The van der Waals surface area contributed by atoms with E-state index >= 15 is 0 Å². The monoisotopic (exact) mass is 220 g/mol. The van der Waals surface area contributed by atoms with Crippen LogP contribution in [0.25, 0.3) is 11.1 Å². The highest BCUT2D eigenvalue weighted by Gasteiger charge is 2.11. The van der Waals surface area contributed by atoms with E-state index in [0.717, 1.165) is 0 Å². The summed E-state index contributed by atoms with van der Waals surface area (Å²) in [6.07, 6.45) is 0. The molecule has 0 aliphatic rings. The zero-order valence-corrected chi connectivity index (χ0v) is 8.90. The van der Waals surface area contributed by atoms with Crippen LogP contribution in [-0.2, 0) is 11.3 Å². The van der Waals surface area contributed by atoms with Crippen molar-refractivity contribution in [3.8, 4) is 0 Å². The Labute approximate surface area is 91.7 Å². The van der Waals surface area contributed by atoms with Crippen LogP contribution >= 0.6 is 0 Å². The van der Waals surface area contributed by atoms with E-state index in [1.165, 1.54) is 4.57 Å². The van der Waals surface area contributed by atoms with Gasteiger partial charge in [0.05, 0.1) is 5.52 Å². The molecule has 0 saturated heterocycles. The summed E-state index contributed by atoms with van der Waals surface area (Å²) in [5.74, 6) is -0.705.